The van der Waals surface area contributed by atoms with Crippen LogP contribution < -0.4 is 28.1 Å². The minimum Gasteiger partial charge on any atom is -1.00 e. The molecule has 0 saturated heterocycles. The first-order valence-corrected chi connectivity index (χ1v) is 14.8. The van der Waals surface area contributed by atoms with Gasteiger partial charge < -0.3 is 24.8 Å². The average molecular weight is 533 g/mol. The van der Waals surface area contributed by atoms with Gasteiger partial charge in [-0.1, -0.05) is 0 Å². The van der Waals surface area contributed by atoms with E-state index < -0.39 is 21.3 Å². The molecule has 3 heteroatoms. The third kappa shape index (κ3) is 5.10. The van der Waals surface area contributed by atoms with Crippen LogP contribution in [0.2, 0.25) is 0 Å². The molecule has 4 rings (SSSR count). The third-order valence-corrected chi connectivity index (χ3v) is 14.1. The van der Waals surface area contributed by atoms with Crippen molar-refractivity contribution < 1.29 is 46.1 Å². The van der Waals surface area contributed by atoms with E-state index in [1.807, 2.05) is 3.28 Å². The Balaban J connectivity index is 0.00000171. The van der Waals surface area contributed by atoms with Crippen LogP contribution in [0.1, 0.15) is 65.5 Å². The number of halogens is 2. The Kier molecular flexibility index (Phi) is 8.94. The van der Waals surface area contributed by atoms with Gasteiger partial charge in [0, 0.05) is 0 Å². The molecule has 0 amide bonds. The summed E-state index contributed by atoms with van der Waals surface area (Å²) in [6, 6.07) is 16.2. The van der Waals surface area contributed by atoms with Crippen LogP contribution in [-0.4, -0.2) is 3.21 Å². The summed E-state index contributed by atoms with van der Waals surface area (Å²) >= 11 is -2.11. The van der Waals surface area contributed by atoms with Gasteiger partial charge in [0.1, 0.15) is 0 Å². The van der Waals surface area contributed by atoms with Crippen LogP contribution >= 0.6 is 0 Å². The zero-order valence-corrected chi connectivity index (χ0v) is 23.6. The maximum absolute atomic E-state index is 2.63. The third-order valence-electron chi connectivity index (χ3n) is 6.47. The minimum atomic E-state index is -2.11. The molecule has 0 aromatic heterocycles. The molecule has 2 aliphatic rings. The first-order chi connectivity index (χ1) is 13.8. The molecule has 1 unspecified atom stereocenters. The first kappa shape index (κ1) is 26.5. The van der Waals surface area contributed by atoms with E-state index in [9.17, 15) is 0 Å². The van der Waals surface area contributed by atoms with Crippen molar-refractivity contribution >= 4 is 6.48 Å². The van der Waals surface area contributed by atoms with Crippen molar-refractivity contribution in [2.45, 2.75) is 60.8 Å². The molecule has 0 radical (unpaired) electrons. The second-order valence-electron chi connectivity index (χ2n) is 9.91. The maximum Gasteiger partial charge on any atom is -1.00 e. The van der Waals surface area contributed by atoms with Crippen molar-refractivity contribution in [2.75, 3.05) is 0 Å². The van der Waals surface area contributed by atoms with Crippen LogP contribution in [0.5, 0.6) is 0 Å². The summed E-state index contributed by atoms with van der Waals surface area (Å²) in [6.07, 6.45) is 8.90. The second kappa shape index (κ2) is 10.5. The Morgan fingerprint density at radius 1 is 0.968 bits per heavy atom. The Morgan fingerprint density at radius 3 is 2.29 bits per heavy atom. The second-order valence-corrected chi connectivity index (χ2v) is 17.0. The Labute approximate surface area is 209 Å². The van der Waals surface area contributed by atoms with E-state index in [4.69, 9.17) is 0 Å². The van der Waals surface area contributed by atoms with Crippen molar-refractivity contribution in [3.63, 3.8) is 0 Å². The van der Waals surface area contributed by atoms with Gasteiger partial charge in [0.2, 0.25) is 0 Å². The number of allylic oxidation sites excluding steroid dienone is 4. The zero-order chi connectivity index (χ0) is 20.8. The monoisotopic (exact) mass is 530 g/mol. The smallest absolute Gasteiger partial charge is 1.00 e. The average Bonchev–Trinajstić information content (AvgIpc) is 3.24. The summed E-state index contributed by atoms with van der Waals surface area (Å²) in [5.41, 5.74) is 7.88. The summed E-state index contributed by atoms with van der Waals surface area (Å²) in [4.78, 5) is 0. The van der Waals surface area contributed by atoms with Gasteiger partial charge in [-0.25, -0.2) is 0 Å². The van der Waals surface area contributed by atoms with Gasteiger partial charge in [-0.3, -0.25) is 0 Å². The number of rotatable bonds is 4. The minimum absolute atomic E-state index is 0. The van der Waals surface area contributed by atoms with E-state index >= 15 is 0 Å². The fourth-order valence-electron chi connectivity index (χ4n) is 5.01. The molecular formula is C28H34Cl2Zr. The van der Waals surface area contributed by atoms with E-state index in [2.05, 4.69) is 96.2 Å². The molecule has 0 aliphatic heterocycles. The van der Waals surface area contributed by atoms with Gasteiger partial charge in [-0.05, 0) is 0 Å². The molecule has 0 heterocycles. The molecule has 2 aliphatic carbocycles. The molecular weight excluding hydrogens is 498 g/mol. The quantitative estimate of drug-likeness (QED) is 0.471. The largest absolute Gasteiger partial charge is 1.00 e. The molecule has 0 nitrogen and oxygen atoms in total. The van der Waals surface area contributed by atoms with Gasteiger partial charge in [-0.2, -0.15) is 0 Å². The normalized spacial score (nSPS) is 16.1. The van der Waals surface area contributed by atoms with Gasteiger partial charge >= 0.3 is 186 Å². The summed E-state index contributed by atoms with van der Waals surface area (Å²) in [5, 5.41) is 0. The fourth-order valence-corrected chi connectivity index (χ4v) is 12.7. The van der Waals surface area contributed by atoms with E-state index in [-0.39, 0.29) is 30.2 Å². The van der Waals surface area contributed by atoms with Crippen LogP contribution in [0.25, 0.3) is 11.1 Å². The van der Waals surface area contributed by atoms with Gasteiger partial charge in [-0.15, -0.1) is 0 Å². The van der Waals surface area contributed by atoms with Crippen LogP contribution in [-0.2, 0) is 27.7 Å². The van der Waals surface area contributed by atoms with E-state index in [0.717, 1.165) is 6.42 Å². The predicted molar refractivity (Wildman–Crippen MR) is 125 cm³/mol. The van der Waals surface area contributed by atoms with Crippen molar-refractivity contribution in [3.05, 3.63) is 74.6 Å². The van der Waals surface area contributed by atoms with Crippen molar-refractivity contribution in [1.82, 2.24) is 0 Å². The summed E-state index contributed by atoms with van der Waals surface area (Å²) in [6.45, 7) is 14.3. The molecule has 0 fully saturated rings. The molecule has 1 atom stereocenters. The standard InChI is InChI=1S/C13H9.C12H19.C3H6.2ClH.Zr/c1-3-7-12-10(5-1)9-11-6-2-4-8-13(11)12;1-5-6-10-7-8-11(9-10)12(2,3)4;1-3-2;;;/h1-5,7-8H,9H2;8-10H,5-6H2,1-4H3;1-2H3;2*1H;/q;;;;;+2/p-2. The van der Waals surface area contributed by atoms with Crippen LogP contribution in [0.3, 0.4) is 0 Å². The molecule has 0 saturated carbocycles. The number of hydrogen-bond acceptors (Lipinski definition) is 0. The summed E-state index contributed by atoms with van der Waals surface area (Å²) in [5.74, 6) is 0.651. The van der Waals surface area contributed by atoms with Gasteiger partial charge in [0.15, 0.2) is 0 Å². The topological polar surface area (TPSA) is 0 Å². The molecule has 31 heavy (non-hydrogen) atoms. The van der Waals surface area contributed by atoms with Gasteiger partial charge in [0.25, 0.3) is 0 Å². The molecule has 2 aromatic rings. The SMILES string of the molecule is CCCC1C=C(C(C)(C)C)C=[C]1[Zr+2](=[C](C)C)[c]1cccc2c1Cc1ccccc1-2.[Cl-].[Cl-]. The van der Waals surface area contributed by atoms with Crippen LogP contribution in [0.15, 0.2) is 63.5 Å². The van der Waals surface area contributed by atoms with Crippen LogP contribution in [0, 0.1) is 11.3 Å². The molecule has 164 valence electrons. The molecule has 0 bridgehead atoms. The molecule has 2 aromatic carbocycles. The number of hydrogen-bond donors (Lipinski definition) is 0. The van der Waals surface area contributed by atoms with Crippen molar-refractivity contribution in [1.29, 1.82) is 0 Å². The predicted octanol–water partition coefficient (Wildman–Crippen LogP) is 1.01. The first-order valence-electron chi connectivity index (χ1n) is 11.1. The fraction of sp³-hybridized carbons (Fsp3) is 0.393. The Morgan fingerprint density at radius 2 is 1.65 bits per heavy atom. The van der Waals surface area contributed by atoms with E-state index in [1.165, 1.54) is 29.5 Å². The van der Waals surface area contributed by atoms with Crippen molar-refractivity contribution in [2.24, 2.45) is 11.3 Å². The summed E-state index contributed by atoms with van der Waals surface area (Å²) in [7, 11) is 0. The maximum atomic E-state index is 2.63. The Bertz CT molecular complexity index is 1050. The van der Waals surface area contributed by atoms with Crippen molar-refractivity contribution in [3.8, 4) is 11.1 Å². The molecule has 0 spiro atoms. The number of benzene rings is 2. The van der Waals surface area contributed by atoms with E-state index in [0.29, 0.717) is 5.92 Å². The summed E-state index contributed by atoms with van der Waals surface area (Å²) < 4.78 is 5.23. The van der Waals surface area contributed by atoms with Crippen LogP contribution in [0.4, 0.5) is 0 Å². The Hall–Kier alpha value is -0.747. The zero-order valence-electron chi connectivity index (χ0n) is 19.7. The number of fused-ring (bicyclic) bond motifs is 3. The van der Waals surface area contributed by atoms with E-state index in [1.54, 1.807) is 17.6 Å². The van der Waals surface area contributed by atoms with Gasteiger partial charge in [0.05, 0.1) is 0 Å². The molecule has 0 N–H and O–H groups in total.